The van der Waals surface area contributed by atoms with Gasteiger partial charge in [-0.25, -0.2) is 4.79 Å². The summed E-state index contributed by atoms with van der Waals surface area (Å²) >= 11 is 0. The first kappa shape index (κ1) is 17.3. The Kier molecular flexibility index (Phi) is 3.73. The van der Waals surface area contributed by atoms with Gasteiger partial charge in [-0.1, -0.05) is 23.7 Å². The van der Waals surface area contributed by atoms with Crippen molar-refractivity contribution in [2.24, 2.45) is 40.2 Å². The molecule has 1 spiro atoms. The fourth-order valence-corrected chi connectivity index (χ4v) is 7.55. The Labute approximate surface area is 161 Å². The van der Waals surface area contributed by atoms with Crippen LogP contribution >= 0.6 is 0 Å². The van der Waals surface area contributed by atoms with E-state index in [1.54, 1.807) is 6.08 Å². The molecule has 27 heavy (non-hydrogen) atoms. The highest BCUT2D eigenvalue weighted by atomic mass is 16.6. The Bertz CT molecular complexity index is 780. The molecule has 4 nitrogen and oxygen atoms in total. The van der Waals surface area contributed by atoms with Crippen molar-refractivity contribution in [3.05, 3.63) is 36.5 Å². The van der Waals surface area contributed by atoms with Crippen molar-refractivity contribution in [2.75, 3.05) is 0 Å². The van der Waals surface area contributed by atoms with Gasteiger partial charge in [0.1, 0.15) is 5.60 Å². The molecule has 4 aliphatic carbocycles. The first-order chi connectivity index (χ1) is 13.0. The Balaban J connectivity index is 1.52. The van der Waals surface area contributed by atoms with Gasteiger partial charge in [0.15, 0.2) is 0 Å². The van der Waals surface area contributed by atoms with E-state index in [1.807, 2.05) is 0 Å². The Morgan fingerprint density at radius 3 is 2.89 bits per heavy atom. The van der Waals surface area contributed by atoms with Crippen molar-refractivity contribution < 1.29 is 14.7 Å². The molecule has 5 rings (SSSR count). The first-order valence-corrected chi connectivity index (χ1v) is 10.5. The third kappa shape index (κ3) is 2.22. The summed E-state index contributed by atoms with van der Waals surface area (Å²) in [5.41, 5.74) is 1.94. The van der Waals surface area contributed by atoms with Gasteiger partial charge < -0.3 is 9.94 Å². The minimum atomic E-state index is -0.384. The number of carbonyl (C=O) groups is 1. The fraction of sp³-hybridized carbons (Fsp3) is 0.652. The minimum absolute atomic E-state index is 0.0334. The van der Waals surface area contributed by atoms with Crippen LogP contribution in [0.2, 0.25) is 0 Å². The molecule has 0 saturated heterocycles. The van der Waals surface area contributed by atoms with Crippen LogP contribution in [0.15, 0.2) is 41.6 Å². The molecule has 0 aromatic rings. The molecular formula is C23H29NO3. The number of rotatable bonds is 1. The van der Waals surface area contributed by atoms with Crippen molar-refractivity contribution in [3.63, 3.8) is 0 Å². The second-order valence-corrected chi connectivity index (χ2v) is 9.55. The third-order valence-electron chi connectivity index (χ3n) is 8.79. The fourth-order valence-electron chi connectivity index (χ4n) is 7.55. The van der Waals surface area contributed by atoms with Crippen LogP contribution in [-0.2, 0) is 9.53 Å². The molecule has 7 atom stereocenters. The van der Waals surface area contributed by atoms with Crippen LogP contribution in [0.3, 0.4) is 0 Å². The van der Waals surface area contributed by atoms with Gasteiger partial charge in [-0.3, -0.25) is 0 Å². The standard InChI is InChI=1S/C23H29NO3/c1-3-14-12-15-13-16(24-26)4-5-17(15)18-6-9-22(2)19(21(14)18)7-10-23(22)11-8-20(25)27-23/h3,8,11,13-14,17-19,21,26H,1,4-7,9-10,12H2,2H3/b24-16-/t14?,17-,18?,19?,21?,22-,23+/m0/s1. The number of ether oxygens (including phenoxy) is 1. The SMILES string of the molecule is C=CC1CC2=C/C(=N\O)CC[C@@H]2C2CC[C@@]3(C)C(CC[C@@]34C=CC(=O)O4)C12. The molecule has 5 aliphatic rings. The van der Waals surface area contributed by atoms with E-state index in [9.17, 15) is 10.0 Å². The molecule has 1 N–H and O–H groups in total. The summed E-state index contributed by atoms with van der Waals surface area (Å²) in [4.78, 5) is 11.9. The Morgan fingerprint density at radius 1 is 1.33 bits per heavy atom. The van der Waals surface area contributed by atoms with Crippen LogP contribution in [0.4, 0.5) is 0 Å². The van der Waals surface area contributed by atoms with Gasteiger partial charge in [0, 0.05) is 11.5 Å². The average Bonchev–Trinajstić information content (AvgIpc) is 3.21. The van der Waals surface area contributed by atoms with Crippen LogP contribution in [0.25, 0.3) is 0 Å². The van der Waals surface area contributed by atoms with E-state index in [4.69, 9.17) is 4.74 Å². The number of oxime groups is 1. The van der Waals surface area contributed by atoms with Crippen molar-refractivity contribution in [3.8, 4) is 0 Å². The smallest absolute Gasteiger partial charge is 0.331 e. The average molecular weight is 367 g/mol. The molecule has 144 valence electrons. The molecule has 4 heteroatoms. The molecular weight excluding hydrogens is 338 g/mol. The molecule has 1 aliphatic heterocycles. The zero-order valence-corrected chi connectivity index (χ0v) is 16.1. The third-order valence-corrected chi connectivity index (χ3v) is 8.79. The van der Waals surface area contributed by atoms with Crippen molar-refractivity contribution >= 4 is 11.7 Å². The molecule has 3 fully saturated rings. The lowest BCUT2D eigenvalue weighted by Crippen LogP contribution is -2.54. The van der Waals surface area contributed by atoms with Gasteiger partial charge in [0.25, 0.3) is 0 Å². The number of hydrogen-bond donors (Lipinski definition) is 1. The van der Waals surface area contributed by atoms with Crippen molar-refractivity contribution in [1.82, 2.24) is 0 Å². The Morgan fingerprint density at radius 2 is 2.19 bits per heavy atom. The predicted octanol–water partition coefficient (Wildman–Crippen LogP) is 4.65. The summed E-state index contributed by atoms with van der Waals surface area (Å²) in [5.74, 6) is 2.75. The van der Waals surface area contributed by atoms with Gasteiger partial charge in [0.05, 0.1) is 5.71 Å². The highest BCUT2D eigenvalue weighted by Gasteiger charge is 2.65. The van der Waals surface area contributed by atoms with Gasteiger partial charge in [-0.2, -0.15) is 0 Å². The van der Waals surface area contributed by atoms with Gasteiger partial charge in [0.2, 0.25) is 0 Å². The normalized spacial score (nSPS) is 49.4. The molecule has 0 aromatic heterocycles. The lowest BCUT2D eigenvalue weighted by molar-refractivity contribution is -0.162. The summed E-state index contributed by atoms with van der Waals surface area (Å²) in [5, 5.41) is 12.7. The Hall–Kier alpha value is -1.84. The summed E-state index contributed by atoms with van der Waals surface area (Å²) in [6, 6.07) is 0. The van der Waals surface area contributed by atoms with Crippen LogP contribution in [0, 0.1) is 35.0 Å². The lowest BCUT2D eigenvalue weighted by Gasteiger charge is -2.57. The quantitative estimate of drug-likeness (QED) is 0.317. The van der Waals surface area contributed by atoms with Crippen molar-refractivity contribution in [2.45, 2.75) is 57.5 Å². The van der Waals surface area contributed by atoms with E-state index in [0.29, 0.717) is 29.6 Å². The molecule has 1 heterocycles. The van der Waals surface area contributed by atoms with Gasteiger partial charge >= 0.3 is 5.97 Å². The number of allylic oxidation sites excluding steroid dienone is 3. The summed E-state index contributed by atoms with van der Waals surface area (Å²) in [6.45, 7) is 6.55. The number of carbonyl (C=O) groups excluding carboxylic acids is 1. The maximum Gasteiger partial charge on any atom is 0.331 e. The summed E-state index contributed by atoms with van der Waals surface area (Å²) < 4.78 is 5.94. The highest BCUT2D eigenvalue weighted by Crippen LogP contribution is 2.67. The molecule has 0 aromatic carbocycles. The lowest BCUT2D eigenvalue weighted by atomic mass is 9.48. The van der Waals surface area contributed by atoms with Gasteiger partial charge in [-0.15, -0.1) is 6.58 Å². The number of fused-ring (bicyclic) bond motifs is 6. The van der Waals surface area contributed by atoms with Crippen molar-refractivity contribution in [1.29, 1.82) is 0 Å². The van der Waals surface area contributed by atoms with Gasteiger partial charge in [-0.05, 0) is 86.7 Å². The zero-order chi connectivity index (χ0) is 18.8. The van der Waals surface area contributed by atoms with Crippen LogP contribution in [-0.4, -0.2) is 22.5 Å². The van der Waals surface area contributed by atoms with E-state index in [0.717, 1.165) is 44.2 Å². The molecule has 0 radical (unpaired) electrons. The number of nitrogens with zero attached hydrogens (tertiary/aromatic N) is 1. The maximum absolute atomic E-state index is 11.9. The molecule has 0 bridgehead atoms. The van der Waals surface area contributed by atoms with E-state index >= 15 is 0 Å². The van der Waals surface area contributed by atoms with E-state index in [-0.39, 0.29) is 17.0 Å². The second-order valence-electron chi connectivity index (χ2n) is 9.55. The summed E-state index contributed by atoms with van der Waals surface area (Å²) in [6.07, 6.45) is 15.4. The number of hydrogen-bond acceptors (Lipinski definition) is 4. The maximum atomic E-state index is 11.9. The first-order valence-electron chi connectivity index (χ1n) is 10.5. The second kappa shape index (κ2) is 5.83. The zero-order valence-electron chi connectivity index (χ0n) is 16.1. The van der Waals surface area contributed by atoms with Crippen LogP contribution in [0.1, 0.15) is 51.9 Å². The largest absolute Gasteiger partial charge is 0.451 e. The van der Waals surface area contributed by atoms with E-state index in [1.165, 1.54) is 12.0 Å². The van der Waals surface area contributed by atoms with Crippen LogP contribution < -0.4 is 0 Å². The predicted molar refractivity (Wildman–Crippen MR) is 103 cm³/mol. The molecule has 0 amide bonds. The van der Waals surface area contributed by atoms with E-state index in [2.05, 4.69) is 36.9 Å². The monoisotopic (exact) mass is 367 g/mol. The molecule has 3 saturated carbocycles. The summed E-state index contributed by atoms with van der Waals surface area (Å²) in [7, 11) is 0. The van der Waals surface area contributed by atoms with E-state index < -0.39 is 0 Å². The minimum Gasteiger partial charge on any atom is -0.451 e. The van der Waals surface area contributed by atoms with Crippen LogP contribution in [0.5, 0.6) is 0 Å². The molecule has 4 unspecified atom stereocenters. The number of esters is 1. The topological polar surface area (TPSA) is 58.9 Å². The highest BCUT2D eigenvalue weighted by molar-refractivity contribution is 5.96.